The average molecular weight is 316 g/mol. The lowest BCUT2D eigenvalue weighted by Crippen LogP contribution is -2.47. The van der Waals surface area contributed by atoms with Crippen LogP contribution in [0.1, 0.15) is 36.3 Å². The molecule has 2 N–H and O–H groups in total. The van der Waals surface area contributed by atoms with Gasteiger partial charge in [-0.15, -0.1) is 0 Å². The second kappa shape index (κ2) is 7.23. The molecule has 5 heteroatoms. The van der Waals surface area contributed by atoms with Crippen molar-refractivity contribution in [1.82, 2.24) is 20.2 Å². The van der Waals surface area contributed by atoms with E-state index in [4.69, 9.17) is 0 Å². The van der Waals surface area contributed by atoms with Gasteiger partial charge in [0.25, 0.3) is 0 Å². The summed E-state index contributed by atoms with van der Waals surface area (Å²) in [5, 5.41) is 7.13. The van der Waals surface area contributed by atoms with Gasteiger partial charge in [0.2, 0.25) is 0 Å². The lowest BCUT2D eigenvalue weighted by atomic mass is 9.86. The number of benzene rings is 1. The minimum Gasteiger partial charge on any atom is -0.331 e. The maximum Gasteiger partial charge on any atom is 0.123 e. The number of aromatic nitrogens is 2. The number of hydrogen-bond acceptors (Lipinski definition) is 3. The smallest absolute Gasteiger partial charge is 0.123 e. The Morgan fingerprint density at radius 3 is 2.87 bits per heavy atom. The van der Waals surface area contributed by atoms with Crippen molar-refractivity contribution in [2.24, 2.45) is 0 Å². The van der Waals surface area contributed by atoms with Crippen LogP contribution in [-0.2, 0) is 13.1 Å². The lowest BCUT2D eigenvalue weighted by Gasteiger charge is -2.33. The summed E-state index contributed by atoms with van der Waals surface area (Å²) >= 11 is 0. The number of piperidine rings is 1. The Labute approximate surface area is 137 Å². The van der Waals surface area contributed by atoms with Crippen LogP contribution in [-0.4, -0.2) is 28.7 Å². The highest BCUT2D eigenvalue weighted by Gasteiger charge is 2.26. The van der Waals surface area contributed by atoms with Gasteiger partial charge in [-0.1, -0.05) is 12.1 Å². The van der Waals surface area contributed by atoms with Crippen LogP contribution in [0.5, 0.6) is 0 Å². The van der Waals surface area contributed by atoms with Gasteiger partial charge in [0, 0.05) is 37.8 Å². The highest BCUT2D eigenvalue weighted by Crippen LogP contribution is 2.26. The summed E-state index contributed by atoms with van der Waals surface area (Å²) in [5.41, 5.74) is 2.43. The molecule has 1 aliphatic heterocycles. The van der Waals surface area contributed by atoms with E-state index in [1.165, 1.54) is 11.3 Å². The number of aryl methyl sites for hydroxylation is 1. The van der Waals surface area contributed by atoms with Crippen LogP contribution >= 0.6 is 0 Å². The standard InChI is InChI=1S/C18H25FN4/c1-3-23-13(2)21-10-16(23)11-22-18-12-20-9-8-17(18)14-4-6-15(19)7-5-14/h4-7,10,17-18,20,22H,3,8-9,11-12H2,1-2H3. The molecule has 0 amide bonds. The normalized spacial score (nSPS) is 21.5. The van der Waals surface area contributed by atoms with Crippen molar-refractivity contribution >= 4 is 0 Å². The van der Waals surface area contributed by atoms with Crippen molar-refractivity contribution in [3.05, 3.63) is 53.4 Å². The number of nitrogens with zero attached hydrogens (tertiary/aromatic N) is 2. The molecule has 1 fully saturated rings. The SMILES string of the molecule is CCn1c(CNC2CNCCC2c2ccc(F)cc2)cnc1C. The van der Waals surface area contributed by atoms with E-state index in [-0.39, 0.29) is 5.82 Å². The van der Waals surface area contributed by atoms with Crippen molar-refractivity contribution in [2.75, 3.05) is 13.1 Å². The Bertz CT molecular complexity index is 635. The Balaban J connectivity index is 1.70. The van der Waals surface area contributed by atoms with E-state index < -0.39 is 0 Å². The van der Waals surface area contributed by atoms with Crippen LogP contribution in [0.2, 0.25) is 0 Å². The minimum absolute atomic E-state index is 0.172. The van der Waals surface area contributed by atoms with Gasteiger partial charge in [0.1, 0.15) is 11.6 Å². The van der Waals surface area contributed by atoms with Crippen LogP contribution in [0.4, 0.5) is 4.39 Å². The van der Waals surface area contributed by atoms with Crippen LogP contribution in [0.3, 0.4) is 0 Å². The molecule has 1 aliphatic rings. The number of hydrogen-bond donors (Lipinski definition) is 2. The van der Waals surface area contributed by atoms with Crippen LogP contribution < -0.4 is 10.6 Å². The number of halogens is 1. The van der Waals surface area contributed by atoms with E-state index >= 15 is 0 Å². The van der Waals surface area contributed by atoms with Crippen molar-refractivity contribution in [3.8, 4) is 0 Å². The number of rotatable bonds is 5. The molecule has 2 heterocycles. The minimum atomic E-state index is -0.172. The maximum atomic E-state index is 13.2. The van der Waals surface area contributed by atoms with E-state index in [1.54, 1.807) is 12.1 Å². The molecule has 1 aromatic carbocycles. The summed E-state index contributed by atoms with van der Waals surface area (Å²) in [6.45, 7) is 7.86. The first kappa shape index (κ1) is 16.1. The fourth-order valence-electron chi connectivity index (χ4n) is 3.51. The number of imidazole rings is 1. The van der Waals surface area contributed by atoms with Gasteiger partial charge in [-0.3, -0.25) is 0 Å². The molecule has 2 aromatic rings. The molecule has 1 saturated heterocycles. The monoisotopic (exact) mass is 316 g/mol. The van der Waals surface area contributed by atoms with Crippen molar-refractivity contribution < 1.29 is 4.39 Å². The van der Waals surface area contributed by atoms with E-state index in [2.05, 4.69) is 27.1 Å². The van der Waals surface area contributed by atoms with Gasteiger partial charge in [-0.05, 0) is 44.5 Å². The highest BCUT2D eigenvalue weighted by atomic mass is 19.1. The third-order valence-corrected chi connectivity index (χ3v) is 4.78. The van der Waals surface area contributed by atoms with E-state index in [9.17, 15) is 4.39 Å². The largest absolute Gasteiger partial charge is 0.331 e. The zero-order chi connectivity index (χ0) is 16.2. The van der Waals surface area contributed by atoms with E-state index in [0.29, 0.717) is 12.0 Å². The van der Waals surface area contributed by atoms with Gasteiger partial charge >= 0.3 is 0 Å². The molecular weight excluding hydrogens is 291 g/mol. The van der Waals surface area contributed by atoms with Gasteiger partial charge in [-0.2, -0.15) is 0 Å². The van der Waals surface area contributed by atoms with Gasteiger partial charge in [0.05, 0.1) is 5.69 Å². The van der Waals surface area contributed by atoms with Crippen molar-refractivity contribution in [1.29, 1.82) is 0 Å². The fourth-order valence-corrected chi connectivity index (χ4v) is 3.51. The van der Waals surface area contributed by atoms with Crippen LogP contribution in [0.25, 0.3) is 0 Å². The lowest BCUT2D eigenvalue weighted by molar-refractivity contribution is 0.339. The first-order valence-corrected chi connectivity index (χ1v) is 8.39. The Hall–Kier alpha value is -1.72. The molecule has 23 heavy (non-hydrogen) atoms. The highest BCUT2D eigenvalue weighted by molar-refractivity contribution is 5.23. The topological polar surface area (TPSA) is 41.9 Å². The second-order valence-electron chi connectivity index (χ2n) is 6.18. The molecule has 3 rings (SSSR count). The molecule has 1 aromatic heterocycles. The third kappa shape index (κ3) is 3.62. The molecule has 4 nitrogen and oxygen atoms in total. The molecule has 0 spiro atoms. The molecule has 0 aliphatic carbocycles. The van der Waals surface area contributed by atoms with Crippen LogP contribution in [0.15, 0.2) is 30.5 Å². The summed E-state index contributed by atoms with van der Waals surface area (Å²) < 4.78 is 15.4. The van der Waals surface area contributed by atoms with Crippen molar-refractivity contribution in [3.63, 3.8) is 0 Å². The van der Waals surface area contributed by atoms with Gasteiger partial charge in [0.15, 0.2) is 0 Å². The summed E-state index contributed by atoms with van der Waals surface area (Å²) in [6, 6.07) is 7.30. The summed E-state index contributed by atoms with van der Waals surface area (Å²) in [5.74, 6) is 1.30. The zero-order valence-electron chi connectivity index (χ0n) is 13.8. The van der Waals surface area contributed by atoms with Crippen LogP contribution in [0, 0.1) is 12.7 Å². The summed E-state index contributed by atoms with van der Waals surface area (Å²) in [6.07, 6.45) is 3.02. The fraction of sp³-hybridized carbons (Fsp3) is 0.500. The second-order valence-corrected chi connectivity index (χ2v) is 6.18. The molecule has 0 radical (unpaired) electrons. The van der Waals surface area contributed by atoms with Gasteiger partial charge < -0.3 is 15.2 Å². The molecule has 0 bridgehead atoms. The number of nitrogens with one attached hydrogen (secondary N) is 2. The Kier molecular flexibility index (Phi) is 5.08. The van der Waals surface area contributed by atoms with Crippen molar-refractivity contribution in [2.45, 2.75) is 45.3 Å². The molecular formula is C18H25FN4. The molecule has 2 unspecified atom stereocenters. The predicted molar refractivity (Wildman–Crippen MR) is 89.9 cm³/mol. The summed E-state index contributed by atoms with van der Waals surface area (Å²) in [7, 11) is 0. The third-order valence-electron chi connectivity index (χ3n) is 4.78. The van der Waals surface area contributed by atoms with E-state index in [1.807, 2.05) is 25.3 Å². The molecule has 0 saturated carbocycles. The zero-order valence-corrected chi connectivity index (χ0v) is 13.8. The maximum absolute atomic E-state index is 13.2. The predicted octanol–water partition coefficient (Wildman–Crippen LogP) is 2.59. The first-order chi connectivity index (χ1) is 11.2. The first-order valence-electron chi connectivity index (χ1n) is 8.39. The average Bonchev–Trinajstić information content (AvgIpc) is 2.94. The Morgan fingerprint density at radius 2 is 2.13 bits per heavy atom. The Morgan fingerprint density at radius 1 is 1.35 bits per heavy atom. The van der Waals surface area contributed by atoms with E-state index in [0.717, 1.165) is 38.4 Å². The molecule has 124 valence electrons. The van der Waals surface area contributed by atoms with Gasteiger partial charge in [-0.25, -0.2) is 9.37 Å². The molecule has 2 atom stereocenters. The quantitative estimate of drug-likeness (QED) is 0.891. The summed E-state index contributed by atoms with van der Waals surface area (Å²) in [4.78, 5) is 4.40.